The Labute approximate surface area is 153 Å². The van der Waals surface area contributed by atoms with E-state index in [1.807, 2.05) is 0 Å². The Kier molecular flexibility index (Phi) is 6.21. The molecule has 140 valence electrons. The molecular formula is C18H16N2O7. The summed E-state index contributed by atoms with van der Waals surface area (Å²) in [4.78, 5) is 44.9. The third-order valence-electron chi connectivity index (χ3n) is 3.33. The lowest BCUT2D eigenvalue weighted by molar-refractivity contribution is -0.402. The van der Waals surface area contributed by atoms with Gasteiger partial charge in [-0.3, -0.25) is 19.7 Å². The number of benzene rings is 1. The minimum atomic E-state index is -1.04. The molecule has 0 saturated heterocycles. The predicted molar refractivity (Wildman–Crippen MR) is 95.0 cm³/mol. The summed E-state index contributed by atoms with van der Waals surface area (Å²) < 4.78 is 9.88. The minimum absolute atomic E-state index is 0.103. The highest BCUT2D eigenvalue weighted by atomic mass is 16.6. The molecule has 0 bridgehead atoms. The van der Waals surface area contributed by atoms with Gasteiger partial charge in [-0.15, -0.1) is 0 Å². The van der Waals surface area contributed by atoms with Gasteiger partial charge >= 0.3 is 11.9 Å². The zero-order valence-corrected chi connectivity index (χ0v) is 14.5. The van der Waals surface area contributed by atoms with Crippen molar-refractivity contribution in [1.82, 2.24) is 0 Å². The summed E-state index contributed by atoms with van der Waals surface area (Å²) in [6.45, 7) is 2.79. The summed E-state index contributed by atoms with van der Waals surface area (Å²) in [5.74, 6) is -1.80. The van der Waals surface area contributed by atoms with Crippen LogP contribution < -0.4 is 5.32 Å². The van der Waals surface area contributed by atoms with E-state index >= 15 is 0 Å². The van der Waals surface area contributed by atoms with Gasteiger partial charge in [-0.25, -0.2) is 4.79 Å². The van der Waals surface area contributed by atoms with E-state index in [1.54, 1.807) is 12.1 Å². The van der Waals surface area contributed by atoms with Crippen LogP contribution in [0.4, 0.5) is 11.6 Å². The maximum atomic E-state index is 12.3. The van der Waals surface area contributed by atoms with E-state index in [0.29, 0.717) is 11.3 Å². The van der Waals surface area contributed by atoms with Gasteiger partial charge in [0.15, 0.2) is 6.10 Å². The monoisotopic (exact) mass is 372 g/mol. The number of nitrogens with one attached hydrogen (secondary N) is 1. The number of hydrogen-bond acceptors (Lipinski definition) is 7. The van der Waals surface area contributed by atoms with Crippen molar-refractivity contribution in [3.63, 3.8) is 0 Å². The molecule has 1 aromatic heterocycles. The Balaban J connectivity index is 1.94. The highest BCUT2D eigenvalue weighted by Gasteiger charge is 2.18. The number of nitrogens with zero attached hydrogens (tertiary/aromatic N) is 1. The van der Waals surface area contributed by atoms with Crippen LogP contribution in [-0.4, -0.2) is 28.7 Å². The summed E-state index contributed by atoms with van der Waals surface area (Å²) in [6.07, 6.45) is 1.17. The van der Waals surface area contributed by atoms with E-state index in [2.05, 4.69) is 5.32 Å². The van der Waals surface area contributed by atoms with Gasteiger partial charge in [0, 0.05) is 24.3 Å². The van der Waals surface area contributed by atoms with Crippen LogP contribution >= 0.6 is 0 Å². The quantitative estimate of drug-likeness (QED) is 0.260. The lowest BCUT2D eigenvalue weighted by atomic mass is 10.1. The molecule has 0 spiro atoms. The van der Waals surface area contributed by atoms with Crippen LogP contribution in [0.2, 0.25) is 0 Å². The molecule has 2 rings (SSSR count). The molecule has 0 unspecified atom stereocenters. The van der Waals surface area contributed by atoms with Crippen molar-refractivity contribution >= 4 is 35.3 Å². The molecule has 9 nitrogen and oxygen atoms in total. The summed E-state index contributed by atoms with van der Waals surface area (Å²) in [6, 6.07) is 8.63. The molecule has 0 saturated carbocycles. The number of carbonyl (C=O) groups excluding carboxylic acids is 3. The number of Topliss-reactive ketones (excluding diaryl/α,β-unsaturated/α-hetero) is 1. The van der Waals surface area contributed by atoms with E-state index in [1.165, 1.54) is 38.1 Å². The fourth-order valence-electron chi connectivity index (χ4n) is 2.10. The maximum absolute atomic E-state index is 12.3. The molecule has 1 heterocycles. The second kappa shape index (κ2) is 8.56. The van der Waals surface area contributed by atoms with E-state index in [0.717, 1.165) is 12.1 Å². The molecule has 9 heteroatoms. The normalized spacial score (nSPS) is 11.8. The van der Waals surface area contributed by atoms with E-state index < -0.39 is 28.7 Å². The number of nitro groups is 1. The van der Waals surface area contributed by atoms with Crippen LogP contribution in [0.25, 0.3) is 6.08 Å². The van der Waals surface area contributed by atoms with Gasteiger partial charge in [0.2, 0.25) is 11.7 Å². The third kappa shape index (κ3) is 5.63. The average Bonchev–Trinajstić information content (AvgIpc) is 3.09. The predicted octanol–water partition coefficient (Wildman–Crippen LogP) is 2.97. The molecule has 27 heavy (non-hydrogen) atoms. The number of anilines is 1. The van der Waals surface area contributed by atoms with Gasteiger partial charge in [-0.1, -0.05) is 0 Å². The number of carbonyl (C=O) groups is 3. The third-order valence-corrected chi connectivity index (χ3v) is 3.33. The second-order valence-corrected chi connectivity index (χ2v) is 5.47. The molecule has 2 aromatic rings. The number of furan rings is 1. The standard InChI is InChI=1S/C18H16N2O7/c1-11(18(23)13-3-5-14(6-4-13)19-12(2)21)26-17(22)10-8-15-7-9-16(27-15)20(24)25/h3-11H,1-2H3,(H,19,21)/b10-8+/t11-/m0/s1. The number of hydrogen-bond donors (Lipinski definition) is 1. The molecule has 0 radical (unpaired) electrons. The molecule has 1 amide bonds. The molecule has 1 aromatic carbocycles. The van der Waals surface area contributed by atoms with Gasteiger partial charge in [-0.2, -0.15) is 0 Å². The number of ether oxygens (including phenoxy) is 1. The van der Waals surface area contributed by atoms with Crippen molar-refractivity contribution in [3.8, 4) is 0 Å². The van der Waals surface area contributed by atoms with Crippen molar-refractivity contribution in [1.29, 1.82) is 0 Å². The Morgan fingerprint density at radius 3 is 2.41 bits per heavy atom. The first kappa shape index (κ1) is 19.6. The minimum Gasteiger partial charge on any atom is -0.451 e. The van der Waals surface area contributed by atoms with Gasteiger partial charge < -0.3 is 14.5 Å². The van der Waals surface area contributed by atoms with Crippen LogP contribution in [0.5, 0.6) is 0 Å². The summed E-state index contributed by atoms with van der Waals surface area (Å²) in [5.41, 5.74) is 0.856. The highest BCUT2D eigenvalue weighted by Crippen LogP contribution is 2.17. The van der Waals surface area contributed by atoms with Crippen LogP contribution in [0, 0.1) is 10.1 Å². The first-order valence-electron chi connectivity index (χ1n) is 7.81. The van der Waals surface area contributed by atoms with Gasteiger partial charge in [0.1, 0.15) is 10.7 Å². The van der Waals surface area contributed by atoms with Crippen LogP contribution in [0.1, 0.15) is 30.0 Å². The van der Waals surface area contributed by atoms with E-state index in [4.69, 9.17) is 9.15 Å². The molecule has 0 aliphatic rings. The Hall–Kier alpha value is -3.75. The first-order chi connectivity index (χ1) is 12.8. The zero-order chi connectivity index (χ0) is 20.0. The molecule has 0 fully saturated rings. The second-order valence-electron chi connectivity index (χ2n) is 5.47. The lowest BCUT2D eigenvalue weighted by Crippen LogP contribution is -2.23. The van der Waals surface area contributed by atoms with Crippen molar-refractivity contribution < 1.29 is 28.5 Å². The smallest absolute Gasteiger partial charge is 0.433 e. The largest absolute Gasteiger partial charge is 0.451 e. The summed E-state index contributed by atoms with van der Waals surface area (Å²) in [7, 11) is 0. The first-order valence-corrected chi connectivity index (χ1v) is 7.81. The number of ketones is 1. The van der Waals surface area contributed by atoms with E-state index in [9.17, 15) is 24.5 Å². The lowest BCUT2D eigenvalue weighted by Gasteiger charge is -2.11. The highest BCUT2D eigenvalue weighted by molar-refractivity contribution is 6.01. The topological polar surface area (TPSA) is 129 Å². The molecule has 1 atom stereocenters. The fourth-order valence-corrected chi connectivity index (χ4v) is 2.10. The van der Waals surface area contributed by atoms with E-state index in [-0.39, 0.29) is 11.7 Å². The maximum Gasteiger partial charge on any atom is 0.433 e. The fraction of sp³-hybridized carbons (Fsp3) is 0.167. The number of rotatable bonds is 7. The Bertz CT molecular complexity index is 897. The molecular weight excluding hydrogens is 356 g/mol. The SMILES string of the molecule is CC(=O)Nc1ccc(C(=O)[C@H](C)OC(=O)/C=C/c2ccc([N+](=O)[O-])o2)cc1. The van der Waals surface area contributed by atoms with Crippen molar-refractivity contribution in [2.45, 2.75) is 20.0 Å². The van der Waals surface area contributed by atoms with Crippen molar-refractivity contribution in [3.05, 3.63) is 63.9 Å². The van der Waals surface area contributed by atoms with Gasteiger partial charge in [0.05, 0.1) is 6.07 Å². The summed E-state index contributed by atoms with van der Waals surface area (Å²) >= 11 is 0. The van der Waals surface area contributed by atoms with Crippen LogP contribution in [0.3, 0.4) is 0 Å². The van der Waals surface area contributed by atoms with Gasteiger partial charge in [-0.05, 0) is 43.3 Å². The number of esters is 1. The molecule has 0 aliphatic carbocycles. The van der Waals surface area contributed by atoms with Crippen LogP contribution in [0.15, 0.2) is 46.9 Å². The van der Waals surface area contributed by atoms with Gasteiger partial charge in [0.25, 0.3) is 0 Å². The van der Waals surface area contributed by atoms with Crippen molar-refractivity contribution in [2.24, 2.45) is 0 Å². The summed E-state index contributed by atoms with van der Waals surface area (Å²) in [5, 5.41) is 13.1. The molecule has 1 N–H and O–H groups in total. The van der Waals surface area contributed by atoms with Crippen molar-refractivity contribution in [2.75, 3.05) is 5.32 Å². The average molecular weight is 372 g/mol. The number of amides is 1. The van der Waals surface area contributed by atoms with Crippen LogP contribution in [-0.2, 0) is 14.3 Å². The zero-order valence-electron chi connectivity index (χ0n) is 14.5. The molecule has 0 aliphatic heterocycles. The Morgan fingerprint density at radius 1 is 1.19 bits per heavy atom. The Morgan fingerprint density at radius 2 is 1.85 bits per heavy atom.